The third kappa shape index (κ3) is 7.58. The number of rotatable bonds is 8. The van der Waals surface area contributed by atoms with Gasteiger partial charge in [0.25, 0.3) is 0 Å². The number of carbonyl (C=O) groups is 3. The van der Waals surface area contributed by atoms with Gasteiger partial charge in [0.15, 0.2) is 0 Å². The van der Waals surface area contributed by atoms with Crippen molar-refractivity contribution in [1.29, 1.82) is 0 Å². The fraction of sp³-hybridized carbons (Fsp3) is 0.700. The zero-order chi connectivity index (χ0) is 14.0. The fourth-order valence-electron chi connectivity index (χ4n) is 0.973. The van der Waals surface area contributed by atoms with Crippen LogP contribution in [0.3, 0.4) is 0 Å². The predicted molar refractivity (Wildman–Crippen MR) is 62.4 cm³/mol. The molecule has 0 aliphatic carbocycles. The van der Waals surface area contributed by atoms with Gasteiger partial charge in [-0.1, -0.05) is 6.92 Å². The van der Waals surface area contributed by atoms with Gasteiger partial charge >= 0.3 is 0 Å². The van der Waals surface area contributed by atoms with Gasteiger partial charge in [-0.3, -0.25) is 14.4 Å². The van der Waals surface area contributed by atoms with E-state index < -0.39 is 17.9 Å². The molecule has 0 aliphatic rings. The highest BCUT2D eigenvalue weighted by molar-refractivity contribution is 5.88. The summed E-state index contributed by atoms with van der Waals surface area (Å²) in [5.41, 5.74) is 0. The van der Waals surface area contributed by atoms with Crippen molar-refractivity contribution < 1.29 is 24.6 Å². The molecule has 0 unspecified atom stereocenters. The van der Waals surface area contributed by atoms with E-state index in [0.717, 1.165) is 0 Å². The topological polar surface area (TPSA) is 128 Å². The lowest BCUT2D eigenvalue weighted by Crippen LogP contribution is -2.46. The van der Waals surface area contributed by atoms with E-state index in [4.69, 9.17) is 10.2 Å². The molecule has 0 aliphatic heterocycles. The van der Waals surface area contributed by atoms with Crippen molar-refractivity contribution in [3.63, 3.8) is 0 Å². The summed E-state index contributed by atoms with van der Waals surface area (Å²) in [6.07, 6.45) is 0.280. The van der Waals surface area contributed by atoms with Crippen LogP contribution in [-0.4, -0.2) is 60.3 Å². The number of aliphatic hydroxyl groups is 2. The van der Waals surface area contributed by atoms with Crippen LogP contribution in [0.15, 0.2) is 0 Å². The summed E-state index contributed by atoms with van der Waals surface area (Å²) >= 11 is 0. The quantitative estimate of drug-likeness (QED) is 0.320. The second kappa shape index (κ2) is 9.37. The van der Waals surface area contributed by atoms with Crippen molar-refractivity contribution in [2.24, 2.45) is 0 Å². The summed E-state index contributed by atoms with van der Waals surface area (Å²) in [7, 11) is 0. The fourth-order valence-corrected chi connectivity index (χ4v) is 0.973. The first-order valence-electron chi connectivity index (χ1n) is 5.57. The van der Waals surface area contributed by atoms with Crippen LogP contribution in [0.5, 0.6) is 0 Å². The lowest BCUT2D eigenvalue weighted by atomic mass is 10.3. The number of amides is 3. The third-order valence-corrected chi connectivity index (χ3v) is 2.02. The van der Waals surface area contributed by atoms with Crippen LogP contribution >= 0.6 is 0 Å². The average Bonchev–Trinajstić information content (AvgIpc) is 2.39. The molecule has 5 N–H and O–H groups in total. The molecule has 8 heteroatoms. The number of aliphatic hydroxyl groups excluding tert-OH is 2. The van der Waals surface area contributed by atoms with Gasteiger partial charge in [-0.15, -0.1) is 0 Å². The lowest BCUT2D eigenvalue weighted by Gasteiger charge is -2.13. The Balaban J connectivity index is 3.78. The summed E-state index contributed by atoms with van der Waals surface area (Å²) in [5.74, 6) is -1.27. The minimum absolute atomic E-state index is 0.191. The molecule has 0 bridgehead atoms. The molecule has 3 amide bonds. The minimum Gasteiger partial charge on any atom is -0.394 e. The molecule has 0 radical (unpaired) electrons. The van der Waals surface area contributed by atoms with Gasteiger partial charge in [0.1, 0.15) is 0 Å². The van der Waals surface area contributed by atoms with Gasteiger partial charge in [-0.05, 0) is 0 Å². The highest BCUT2D eigenvalue weighted by atomic mass is 16.3. The Morgan fingerprint density at radius 3 is 1.94 bits per heavy atom. The molecular weight excluding hydrogens is 242 g/mol. The Labute approximate surface area is 105 Å². The van der Waals surface area contributed by atoms with E-state index in [9.17, 15) is 14.4 Å². The van der Waals surface area contributed by atoms with E-state index in [1.165, 1.54) is 0 Å². The maximum absolute atomic E-state index is 11.2. The Morgan fingerprint density at radius 2 is 1.44 bits per heavy atom. The van der Waals surface area contributed by atoms with Gasteiger partial charge < -0.3 is 26.2 Å². The van der Waals surface area contributed by atoms with E-state index in [1.807, 2.05) is 0 Å². The maximum Gasteiger partial charge on any atom is 0.239 e. The molecule has 0 atom stereocenters. The zero-order valence-corrected chi connectivity index (χ0v) is 10.2. The molecule has 0 spiro atoms. The highest BCUT2D eigenvalue weighted by Crippen LogP contribution is 1.79. The van der Waals surface area contributed by atoms with Crippen molar-refractivity contribution >= 4 is 17.7 Å². The predicted octanol–water partition coefficient (Wildman–Crippen LogP) is -2.90. The van der Waals surface area contributed by atoms with E-state index in [-0.39, 0.29) is 38.6 Å². The van der Waals surface area contributed by atoms with E-state index in [1.54, 1.807) is 6.92 Å². The lowest BCUT2D eigenvalue weighted by molar-refractivity contribution is -0.128. The number of carbonyl (C=O) groups excluding carboxylic acids is 3. The Bertz CT molecular complexity index is 291. The normalized spacial score (nSPS) is 10.0. The third-order valence-electron chi connectivity index (χ3n) is 2.02. The van der Waals surface area contributed by atoms with Crippen LogP contribution in [0.1, 0.15) is 13.3 Å². The van der Waals surface area contributed by atoms with Crippen LogP contribution in [-0.2, 0) is 14.4 Å². The summed E-state index contributed by atoms with van der Waals surface area (Å²) in [6.45, 7) is 0.413. The van der Waals surface area contributed by atoms with Gasteiger partial charge in [0.05, 0.1) is 32.3 Å². The van der Waals surface area contributed by atoms with E-state index in [2.05, 4.69) is 16.0 Å². The minimum atomic E-state index is -0.741. The van der Waals surface area contributed by atoms with Gasteiger partial charge in [-0.25, -0.2) is 0 Å². The molecule has 0 saturated carbocycles. The van der Waals surface area contributed by atoms with Gasteiger partial charge in [0, 0.05) is 6.42 Å². The number of hydrogen-bond donors (Lipinski definition) is 5. The Hall–Kier alpha value is -1.67. The monoisotopic (exact) mass is 261 g/mol. The van der Waals surface area contributed by atoms with Crippen LogP contribution in [0, 0.1) is 0 Å². The second-order valence-corrected chi connectivity index (χ2v) is 3.54. The highest BCUT2D eigenvalue weighted by Gasteiger charge is 2.11. The van der Waals surface area contributed by atoms with Crippen LogP contribution in [0.25, 0.3) is 0 Å². The van der Waals surface area contributed by atoms with Crippen LogP contribution in [0.4, 0.5) is 0 Å². The molecule has 8 nitrogen and oxygen atoms in total. The van der Waals surface area contributed by atoms with E-state index >= 15 is 0 Å². The smallest absolute Gasteiger partial charge is 0.239 e. The van der Waals surface area contributed by atoms with Crippen molar-refractivity contribution in [1.82, 2.24) is 16.0 Å². The second-order valence-electron chi connectivity index (χ2n) is 3.54. The van der Waals surface area contributed by atoms with Crippen molar-refractivity contribution in [3.05, 3.63) is 0 Å². The molecule has 0 heterocycles. The van der Waals surface area contributed by atoms with Gasteiger partial charge in [0.2, 0.25) is 17.7 Å². The van der Waals surface area contributed by atoms with Crippen molar-refractivity contribution in [2.45, 2.75) is 19.4 Å². The zero-order valence-electron chi connectivity index (χ0n) is 10.2. The first-order valence-corrected chi connectivity index (χ1v) is 5.57. The molecular formula is C10H19N3O5. The molecule has 0 aromatic carbocycles. The molecule has 18 heavy (non-hydrogen) atoms. The van der Waals surface area contributed by atoms with Crippen molar-refractivity contribution in [2.75, 3.05) is 26.3 Å². The average molecular weight is 261 g/mol. The number of hydrogen-bond acceptors (Lipinski definition) is 5. The maximum atomic E-state index is 11.2. The largest absolute Gasteiger partial charge is 0.394 e. The molecule has 0 saturated heterocycles. The first kappa shape index (κ1) is 16.3. The van der Waals surface area contributed by atoms with E-state index in [0.29, 0.717) is 0 Å². The van der Waals surface area contributed by atoms with Gasteiger partial charge in [-0.2, -0.15) is 0 Å². The SMILES string of the molecule is CCC(=O)NCC(=O)NCC(=O)NC(CO)CO. The molecule has 0 rings (SSSR count). The summed E-state index contributed by atoms with van der Waals surface area (Å²) in [5, 5.41) is 24.4. The molecule has 104 valence electrons. The summed E-state index contributed by atoms with van der Waals surface area (Å²) in [6, 6.07) is -0.741. The Kier molecular flexibility index (Phi) is 8.50. The molecule has 0 aromatic heterocycles. The standard InChI is InChI=1S/C10H19N3O5/c1-2-8(16)11-3-9(17)12-4-10(18)13-7(5-14)6-15/h7,14-15H,2-6H2,1H3,(H,11,16)(H,12,17)(H,13,18). The first-order chi connectivity index (χ1) is 8.53. The Morgan fingerprint density at radius 1 is 0.944 bits per heavy atom. The number of nitrogens with one attached hydrogen (secondary N) is 3. The van der Waals surface area contributed by atoms with Crippen LogP contribution in [0.2, 0.25) is 0 Å². The molecule has 0 fully saturated rings. The molecule has 0 aromatic rings. The summed E-state index contributed by atoms with van der Waals surface area (Å²) in [4.78, 5) is 33.3. The summed E-state index contributed by atoms with van der Waals surface area (Å²) < 4.78 is 0. The van der Waals surface area contributed by atoms with Crippen LogP contribution < -0.4 is 16.0 Å². The van der Waals surface area contributed by atoms with Crippen molar-refractivity contribution in [3.8, 4) is 0 Å².